The Labute approximate surface area is 884 Å². The Bertz CT molecular complexity index is 7600. The summed E-state index contributed by atoms with van der Waals surface area (Å²) in [6, 6.07) is 131. The maximum Gasteiger partial charge on any atom is 0.221 e. The van der Waals surface area contributed by atoms with E-state index in [2.05, 4.69) is 233 Å². The molecule has 4 radical (unpaired) electrons. The van der Waals surface area contributed by atoms with Crippen LogP contribution in [0.2, 0.25) is 0 Å². The second kappa shape index (κ2) is 55.4. The summed E-state index contributed by atoms with van der Waals surface area (Å²) in [6.07, 6.45) is 15.8. The van der Waals surface area contributed by atoms with E-state index >= 15 is 0 Å². The smallest absolute Gasteiger partial charge is 0.221 e. The fourth-order valence-corrected chi connectivity index (χ4v) is 15.6. The quantitative estimate of drug-likeness (QED) is 0.0343. The Morgan fingerprint density at radius 3 is 1.53 bits per heavy atom. The molecule has 0 fully saturated rings. The van der Waals surface area contributed by atoms with E-state index in [1.807, 2.05) is 202 Å². The van der Waals surface area contributed by atoms with Gasteiger partial charge in [-0.3, -0.25) is 29.3 Å². The van der Waals surface area contributed by atoms with Gasteiger partial charge in [-0.05, 0) is 176 Å². The number of pyridine rings is 6. The molecule has 0 amide bonds. The van der Waals surface area contributed by atoms with Crippen LogP contribution in [0.25, 0.3) is 155 Å². The molecule has 0 saturated heterocycles. The van der Waals surface area contributed by atoms with Crippen LogP contribution in [-0.4, -0.2) is 67.6 Å². The van der Waals surface area contributed by atoms with Gasteiger partial charge in [0.1, 0.15) is 0 Å². The largest absolute Gasteiger partial charge is 0.512 e. The van der Waals surface area contributed by atoms with Crippen LogP contribution < -0.4 is 4.57 Å². The number of aromatic nitrogens is 8. The summed E-state index contributed by atoms with van der Waals surface area (Å²) in [4.78, 5) is 61.8. The zero-order chi connectivity index (χ0) is 99.0. The van der Waals surface area contributed by atoms with Gasteiger partial charge in [-0.25, -0.2) is 0 Å². The van der Waals surface area contributed by atoms with Gasteiger partial charge in [0, 0.05) is 156 Å². The van der Waals surface area contributed by atoms with Crippen molar-refractivity contribution in [1.82, 2.24) is 34.9 Å². The molecule has 20 aromatic rings. The van der Waals surface area contributed by atoms with Crippen molar-refractivity contribution in [3.05, 3.63) is 471 Å². The van der Waals surface area contributed by atoms with Crippen molar-refractivity contribution in [2.24, 2.45) is 5.92 Å². The SMILES string of the molecule is CC(=O)C=C(C)O.CC(=O)C=C(C)O.CC(=O)C=C(C)O.Cc1cnc2c3[c-]cc(-c4ccccc4)cc3c3cc(-c4ccccc4)ccc3c2n1.[2H]C([2H])([2H])c1[c-]c(-c2ccc3c(CC(C)C)cccc3n2)cc(C)c1.[Ir].[Ir].[Ir].[Ir].[c-]1ccccc1-c1cc(-c2ccccn2)ccn1.[c-]1ccccc1-c1ccccn1.[c-]1ccccc1-c1nccc2ccccc12.c1ccc2c(c1)C[n+]1ccc3ccccc3c1-2. The molecule has 21 rings (SSSR count). The van der Waals surface area contributed by atoms with Crippen LogP contribution in [0.15, 0.2) is 412 Å². The van der Waals surface area contributed by atoms with Crippen LogP contribution >= 0.6 is 0 Å². The zero-order valence-electron chi connectivity index (χ0n) is 82.5. The van der Waals surface area contributed by atoms with Crippen molar-refractivity contribution in [2.45, 2.75) is 89.1 Å². The topological polar surface area (TPSA) is 206 Å². The van der Waals surface area contributed by atoms with Crippen molar-refractivity contribution in [3.63, 3.8) is 0 Å². The number of aryl methyl sites for hydroxylation is 3. The molecule has 3 N–H and O–H groups in total. The van der Waals surface area contributed by atoms with Gasteiger partial charge in [-0.1, -0.05) is 238 Å². The van der Waals surface area contributed by atoms with Crippen molar-refractivity contribution in [2.75, 3.05) is 0 Å². The zero-order valence-corrected chi connectivity index (χ0v) is 89.1. The normalized spacial score (nSPS) is 11.2. The van der Waals surface area contributed by atoms with E-state index < -0.39 is 6.85 Å². The molecule has 141 heavy (non-hydrogen) atoms. The molecule has 0 saturated carbocycles. The van der Waals surface area contributed by atoms with Crippen LogP contribution in [0.5, 0.6) is 0 Å². The molecule has 0 aliphatic carbocycles. The third-order valence-corrected chi connectivity index (χ3v) is 21.4. The number of hydrogen-bond donors (Lipinski definition) is 3. The summed E-state index contributed by atoms with van der Waals surface area (Å²) in [7, 11) is 0. The minimum Gasteiger partial charge on any atom is -0.512 e. The van der Waals surface area contributed by atoms with E-state index in [4.69, 9.17) is 34.4 Å². The van der Waals surface area contributed by atoms with Crippen molar-refractivity contribution in [3.8, 4) is 89.8 Å². The van der Waals surface area contributed by atoms with Gasteiger partial charge < -0.3 is 35.3 Å². The number of nitrogens with zero attached hydrogens (tertiary/aromatic N) is 8. The van der Waals surface area contributed by atoms with E-state index in [-0.39, 0.29) is 121 Å². The predicted molar refractivity (Wildman–Crippen MR) is 559 cm³/mol. The summed E-state index contributed by atoms with van der Waals surface area (Å²) in [5.41, 5.74) is 24.5. The average Bonchev–Trinajstić information content (AvgIpc) is 0.952. The first kappa shape index (κ1) is 106. The van der Waals surface area contributed by atoms with E-state index in [0.29, 0.717) is 5.92 Å². The molecule has 0 atom stereocenters. The van der Waals surface area contributed by atoms with Crippen LogP contribution in [0, 0.1) is 56.9 Å². The molecule has 1 aliphatic heterocycles. The number of hydrogen-bond acceptors (Lipinski definition) is 13. The molecule has 14 nitrogen and oxygen atoms in total. The Balaban J connectivity index is 0.000000187. The molecule has 18 heteroatoms. The van der Waals surface area contributed by atoms with Gasteiger partial charge in [0.15, 0.2) is 30.1 Å². The fraction of sp³-hybridized carbons (Fsp3) is 0.114. The van der Waals surface area contributed by atoms with Crippen LogP contribution in [-0.2, 0) is 108 Å². The molecule has 714 valence electrons. The van der Waals surface area contributed by atoms with Crippen molar-refractivity contribution >= 4 is 82.4 Å². The minimum atomic E-state index is -2.16. The number of carbonyl (C=O) groups excluding carboxylic acids is 3. The fourth-order valence-electron chi connectivity index (χ4n) is 15.6. The number of aliphatic hydroxyl groups is 3. The number of carbonyl (C=O) groups is 3. The molecular formula is C123H106Ir4N8O6-4. The molecular weight excluding hydrogens is 2450 g/mol. The second-order valence-electron chi connectivity index (χ2n) is 32.9. The summed E-state index contributed by atoms with van der Waals surface area (Å²) in [5, 5.41) is 35.8. The van der Waals surface area contributed by atoms with Gasteiger partial charge in [0.2, 0.25) is 5.69 Å². The maximum atomic E-state index is 10.0. The number of ketones is 3. The number of fused-ring (bicyclic) bond motifs is 13. The number of rotatable bonds is 12. The van der Waals surface area contributed by atoms with E-state index in [1.54, 1.807) is 24.7 Å². The Morgan fingerprint density at radius 1 is 0.404 bits per heavy atom. The monoisotopic (exact) mass is 2570 g/mol. The first-order chi connectivity index (χ1) is 67.7. The van der Waals surface area contributed by atoms with Gasteiger partial charge in [0.05, 0.1) is 50.6 Å². The third kappa shape index (κ3) is 31.8. The van der Waals surface area contributed by atoms with E-state index in [0.717, 1.165) is 124 Å². The molecule has 0 unspecified atom stereocenters. The first-order valence-electron chi connectivity index (χ1n) is 46.4. The van der Waals surface area contributed by atoms with E-state index in [9.17, 15) is 14.4 Å². The van der Waals surface area contributed by atoms with Crippen LogP contribution in [0.1, 0.15) is 87.4 Å². The molecule has 1 aliphatic rings. The van der Waals surface area contributed by atoms with Crippen LogP contribution in [0.4, 0.5) is 0 Å². The summed E-state index contributed by atoms with van der Waals surface area (Å²) < 4.78 is 25.2. The van der Waals surface area contributed by atoms with Gasteiger partial charge in [-0.15, -0.1) is 166 Å². The Kier molecular flexibility index (Phi) is 41.5. The van der Waals surface area contributed by atoms with Gasteiger partial charge in [0.25, 0.3) is 0 Å². The van der Waals surface area contributed by atoms with Crippen LogP contribution in [0.3, 0.4) is 0 Å². The summed E-state index contributed by atoms with van der Waals surface area (Å²) in [6.45, 7) is 15.7. The Hall–Kier alpha value is -14.4. The minimum absolute atomic E-state index is 0. The summed E-state index contributed by atoms with van der Waals surface area (Å²) >= 11 is 0. The number of allylic oxidation sites excluding steroid dienone is 6. The number of aliphatic hydroxyl groups excluding tert-OH is 3. The van der Waals surface area contributed by atoms with E-state index in [1.165, 1.54) is 126 Å². The summed E-state index contributed by atoms with van der Waals surface area (Å²) in [5.74, 6) is 0.393. The molecule has 8 heterocycles. The molecule has 0 bridgehead atoms. The molecule has 7 aromatic heterocycles. The average molecular weight is 2560 g/mol. The number of benzene rings is 13. The van der Waals surface area contributed by atoms with Crippen molar-refractivity contribution in [1.29, 1.82) is 0 Å². The van der Waals surface area contributed by atoms with Gasteiger partial charge >= 0.3 is 0 Å². The molecule has 0 spiro atoms. The predicted octanol–water partition coefficient (Wildman–Crippen LogP) is 29.0. The maximum absolute atomic E-state index is 10.0. The first-order valence-corrected chi connectivity index (χ1v) is 44.9. The molecule has 13 aromatic carbocycles. The Morgan fingerprint density at radius 2 is 0.943 bits per heavy atom. The van der Waals surface area contributed by atoms with Crippen molar-refractivity contribution < 1.29 is 119 Å². The van der Waals surface area contributed by atoms with Gasteiger partial charge in [-0.2, -0.15) is 4.57 Å². The second-order valence-corrected chi connectivity index (χ2v) is 32.9. The standard InChI is InChI=1S/C29H19N2.C21H22N.C16H11N2.C16H12N.C15H10N.C11H8N.3C5H8O2.4Ir/c1-19-18-30-28-24-14-12-22(20-8-4-2-5-9-20)16-26(24)27-17-23(21-10-6-3-7-11-21)13-15-25(27)29(28)31-19;1-14(2)10-17-6-5-7-21-19(17)8-9-20(22-21)18-12-15(3)11-16(4)13-18;1-2-6-13(7-3-1)16-12-14(9-11-18-16)15-8-4-5-10-17-15;1-3-7-14-12(5-1)9-10-17-11-13-6-2-4-8-15(13)16(14)17;1-2-7-13(8-3-1)15-14-9-5-4-6-12(14)10-11-16-15;1-2-6-10(7-3-1)11-8-4-5-9-12-11;3*1-4(6)3-5(2)7;;;;/h2-13,15-18H,1H3;5-9,11-12,14H,10H2,1-4H3;1-6,8-12H;1-10H,11H2;1-7,9-11H;1-6,8-9H;3*3,6H,1-2H3;;;;/q3*-1;+1;2*-1;;;;;;;/i;4D3;;;;;;;;;;;. The third-order valence-electron chi connectivity index (χ3n) is 21.4.